The molecule has 5 rings (SSSR count). The molecule has 2 aromatic carbocycles. The minimum absolute atomic E-state index is 0.0903. The number of aromatic nitrogens is 4. The lowest BCUT2D eigenvalue weighted by Crippen LogP contribution is -2.49. The molecule has 0 aliphatic carbocycles. The Morgan fingerprint density at radius 1 is 1.00 bits per heavy atom. The summed E-state index contributed by atoms with van der Waals surface area (Å²) in [6.45, 7) is 8.17. The fourth-order valence-electron chi connectivity index (χ4n) is 4.88. The molecule has 1 fully saturated rings. The highest BCUT2D eigenvalue weighted by molar-refractivity contribution is 5.95. The number of halogens is 2. The van der Waals surface area contributed by atoms with E-state index >= 15 is 0 Å². The number of benzene rings is 2. The number of piperazine rings is 1. The SMILES string of the molecule is CCC[C@@H](C)c1nc(N2CCN(C(=O)c3ccccc3F)CC2)c2c(C)nn(-c3ccc(F)cc3)c2n1. The minimum Gasteiger partial charge on any atom is -0.352 e. The topological polar surface area (TPSA) is 67.2 Å². The second-order valence-electron chi connectivity index (χ2n) is 9.53. The average molecular weight is 505 g/mol. The van der Waals surface area contributed by atoms with Gasteiger partial charge in [-0.1, -0.05) is 32.4 Å². The van der Waals surface area contributed by atoms with Crippen LogP contribution in [-0.2, 0) is 0 Å². The molecule has 0 radical (unpaired) electrons. The van der Waals surface area contributed by atoms with Crippen LogP contribution in [0.1, 0.15) is 54.5 Å². The van der Waals surface area contributed by atoms with Crippen molar-refractivity contribution in [2.24, 2.45) is 0 Å². The van der Waals surface area contributed by atoms with E-state index in [2.05, 4.69) is 18.7 Å². The van der Waals surface area contributed by atoms with Gasteiger partial charge in [-0.25, -0.2) is 23.4 Å². The van der Waals surface area contributed by atoms with Crippen LogP contribution in [0.15, 0.2) is 48.5 Å². The van der Waals surface area contributed by atoms with Crippen molar-refractivity contribution in [3.63, 3.8) is 0 Å². The molecule has 1 atom stereocenters. The zero-order valence-electron chi connectivity index (χ0n) is 21.3. The molecule has 0 saturated carbocycles. The van der Waals surface area contributed by atoms with Crippen molar-refractivity contribution in [3.05, 3.63) is 77.2 Å². The standard InChI is InChI=1S/C28H30F2N6O/c1-4-7-18(2)25-31-26(24-19(3)33-36(27(24)32-25)21-12-10-20(29)11-13-21)34-14-16-35(17-15-34)28(37)22-8-5-6-9-23(22)30/h5-6,8-13,18H,4,7,14-17H2,1-3H3/t18-/m1/s1. The molecule has 0 spiro atoms. The summed E-state index contributed by atoms with van der Waals surface area (Å²) in [5.74, 6) is 0.541. The first-order chi connectivity index (χ1) is 17.9. The van der Waals surface area contributed by atoms with Gasteiger partial charge in [-0.2, -0.15) is 5.10 Å². The van der Waals surface area contributed by atoms with Crippen LogP contribution in [-0.4, -0.2) is 56.7 Å². The molecular formula is C28H30F2N6O. The molecule has 1 aliphatic heterocycles. The Hall–Kier alpha value is -3.88. The van der Waals surface area contributed by atoms with E-state index in [4.69, 9.17) is 15.1 Å². The van der Waals surface area contributed by atoms with E-state index in [1.807, 2.05) is 6.92 Å². The summed E-state index contributed by atoms with van der Waals surface area (Å²) in [5.41, 5.74) is 2.26. The van der Waals surface area contributed by atoms with Crippen molar-refractivity contribution in [1.82, 2.24) is 24.6 Å². The lowest BCUT2D eigenvalue weighted by atomic mass is 10.1. The maximum Gasteiger partial charge on any atom is 0.256 e. The van der Waals surface area contributed by atoms with Crippen molar-refractivity contribution in [2.45, 2.75) is 39.5 Å². The summed E-state index contributed by atoms with van der Waals surface area (Å²) in [7, 11) is 0. The quantitative estimate of drug-likeness (QED) is 0.358. The highest BCUT2D eigenvalue weighted by Gasteiger charge is 2.28. The highest BCUT2D eigenvalue weighted by Crippen LogP contribution is 2.32. The van der Waals surface area contributed by atoms with Gasteiger partial charge >= 0.3 is 0 Å². The van der Waals surface area contributed by atoms with Gasteiger partial charge in [-0.3, -0.25) is 4.79 Å². The van der Waals surface area contributed by atoms with Gasteiger partial charge in [-0.15, -0.1) is 0 Å². The van der Waals surface area contributed by atoms with Gasteiger partial charge in [0.25, 0.3) is 5.91 Å². The largest absolute Gasteiger partial charge is 0.352 e. The molecule has 2 aromatic heterocycles. The summed E-state index contributed by atoms with van der Waals surface area (Å²) >= 11 is 0. The molecule has 1 aliphatic rings. The van der Waals surface area contributed by atoms with Gasteiger partial charge in [0.1, 0.15) is 23.3 Å². The van der Waals surface area contributed by atoms with Crippen molar-refractivity contribution in [3.8, 4) is 5.69 Å². The van der Waals surface area contributed by atoms with Crippen molar-refractivity contribution >= 4 is 22.8 Å². The van der Waals surface area contributed by atoms with Crippen LogP contribution >= 0.6 is 0 Å². The summed E-state index contributed by atoms with van der Waals surface area (Å²) in [6, 6.07) is 12.3. The summed E-state index contributed by atoms with van der Waals surface area (Å²) in [4.78, 5) is 26.7. The first-order valence-corrected chi connectivity index (χ1v) is 12.7. The van der Waals surface area contributed by atoms with E-state index in [9.17, 15) is 13.6 Å². The predicted octanol–water partition coefficient (Wildman–Crippen LogP) is 5.27. The van der Waals surface area contributed by atoms with Gasteiger partial charge in [0, 0.05) is 32.1 Å². The molecule has 9 heteroatoms. The lowest BCUT2D eigenvalue weighted by molar-refractivity contribution is 0.0742. The van der Waals surface area contributed by atoms with Crippen LogP contribution in [0.3, 0.4) is 0 Å². The molecule has 0 bridgehead atoms. The second-order valence-corrected chi connectivity index (χ2v) is 9.53. The van der Waals surface area contributed by atoms with E-state index in [-0.39, 0.29) is 23.2 Å². The number of carbonyl (C=O) groups excluding carboxylic acids is 1. The zero-order chi connectivity index (χ0) is 26.1. The van der Waals surface area contributed by atoms with Gasteiger partial charge in [0.15, 0.2) is 5.65 Å². The van der Waals surface area contributed by atoms with Crippen LogP contribution < -0.4 is 4.90 Å². The number of carbonyl (C=O) groups is 1. The molecule has 37 heavy (non-hydrogen) atoms. The third kappa shape index (κ3) is 4.77. The van der Waals surface area contributed by atoms with Gasteiger partial charge < -0.3 is 9.80 Å². The molecule has 1 saturated heterocycles. The van der Waals surface area contributed by atoms with E-state index in [1.165, 1.54) is 24.3 Å². The first-order valence-electron chi connectivity index (χ1n) is 12.7. The van der Waals surface area contributed by atoms with Crippen LogP contribution in [0.5, 0.6) is 0 Å². The van der Waals surface area contributed by atoms with Crippen LogP contribution in [0.2, 0.25) is 0 Å². The van der Waals surface area contributed by atoms with E-state index < -0.39 is 5.82 Å². The van der Waals surface area contributed by atoms with E-state index in [0.717, 1.165) is 41.3 Å². The number of amides is 1. The number of rotatable bonds is 6. The Bertz CT molecular complexity index is 1430. The Morgan fingerprint density at radius 3 is 2.38 bits per heavy atom. The lowest BCUT2D eigenvalue weighted by Gasteiger charge is -2.36. The molecule has 7 nitrogen and oxygen atoms in total. The van der Waals surface area contributed by atoms with Crippen molar-refractivity contribution < 1.29 is 13.6 Å². The third-order valence-electron chi connectivity index (χ3n) is 6.90. The van der Waals surface area contributed by atoms with Gasteiger partial charge in [-0.05, 0) is 49.7 Å². The third-order valence-corrected chi connectivity index (χ3v) is 6.90. The maximum absolute atomic E-state index is 14.2. The average Bonchev–Trinajstić information content (AvgIpc) is 3.25. The number of nitrogens with zero attached hydrogens (tertiary/aromatic N) is 6. The number of hydrogen-bond donors (Lipinski definition) is 0. The zero-order valence-corrected chi connectivity index (χ0v) is 21.3. The molecule has 1 amide bonds. The normalized spacial score (nSPS) is 14.8. The fourth-order valence-corrected chi connectivity index (χ4v) is 4.88. The first kappa shape index (κ1) is 24.8. The Morgan fingerprint density at radius 2 is 1.70 bits per heavy atom. The molecule has 4 aromatic rings. The van der Waals surface area contributed by atoms with Crippen LogP contribution in [0.25, 0.3) is 16.7 Å². The van der Waals surface area contributed by atoms with Gasteiger partial charge in [0.05, 0.1) is 22.3 Å². The summed E-state index contributed by atoms with van der Waals surface area (Å²) in [6.07, 6.45) is 1.95. The van der Waals surface area contributed by atoms with E-state index in [1.54, 1.807) is 33.8 Å². The number of fused-ring (bicyclic) bond motifs is 1. The summed E-state index contributed by atoms with van der Waals surface area (Å²) in [5, 5.41) is 5.58. The Balaban J connectivity index is 1.51. The molecule has 0 N–H and O–H groups in total. The van der Waals surface area contributed by atoms with Crippen molar-refractivity contribution in [1.29, 1.82) is 0 Å². The molecule has 3 heterocycles. The fraction of sp³-hybridized carbons (Fsp3) is 0.357. The minimum atomic E-state index is -0.508. The number of aryl methyl sites for hydroxylation is 1. The highest BCUT2D eigenvalue weighted by atomic mass is 19.1. The number of hydrogen-bond acceptors (Lipinski definition) is 5. The Labute approximate surface area is 214 Å². The second kappa shape index (κ2) is 10.2. The van der Waals surface area contributed by atoms with E-state index in [0.29, 0.717) is 31.8 Å². The maximum atomic E-state index is 14.2. The molecular weight excluding hydrogens is 474 g/mol. The summed E-state index contributed by atoms with van der Waals surface area (Å²) < 4.78 is 29.5. The van der Waals surface area contributed by atoms with Crippen LogP contribution in [0.4, 0.5) is 14.6 Å². The Kier molecular flexibility index (Phi) is 6.86. The van der Waals surface area contributed by atoms with Crippen LogP contribution in [0, 0.1) is 18.6 Å². The smallest absolute Gasteiger partial charge is 0.256 e. The molecule has 192 valence electrons. The molecule has 0 unspecified atom stereocenters. The van der Waals surface area contributed by atoms with Gasteiger partial charge in [0.2, 0.25) is 0 Å². The predicted molar refractivity (Wildman–Crippen MR) is 139 cm³/mol. The van der Waals surface area contributed by atoms with Crippen molar-refractivity contribution in [2.75, 3.05) is 31.1 Å². The number of anilines is 1. The monoisotopic (exact) mass is 504 g/mol.